The van der Waals surface area contributed by atoms with E-state index in [2.05, 4.69) is 28.1 Å². The molecule has 9 heteroatoms. The summed E-state index contributed by atoms with van der Waals surface area (Å²) in [4.78, 5) is 27.0. The SMILES string of the molecule is Cc1ccc(CC2CCN(C(=O)c3ccc(Cc4nc5c(N6CCC(O)(c7ccc(Cl)cc7)CC6)cccn5n4)cc3)C2)nc1. The fraction of sp³-hybridized carbons (Fsp3) is 0.333. The Kier molecular flexibility index (Phi) is 8.02. The van der Waals surface area contributed by atoms with Gasteiger partial charge < -0.3 is 14.9 Å². The summed E-state index contributed by atoms with van der Waals surface area (Å²) in [6.07, 6.45) is 7.54. The molecule has 45 heavy (non-hydrogen) atoms. The highest BCUT2D eigenvalue weighted by Crippen LogP contribution is 2.36. The molecule has 7 rings (SSSR count). The molecule has 0 bridgehead atoms. The van der Waals surface area contributed by atoms with Crippen LogP contribution in [0.1, 0.15) is 57.8 Å². The number of carbonyl (C=O) groups is 1. The van der Waals surface area contributed by atoms with Crippen molar-refractivity contribution in [1.82, 2.24) is 24.5 Å². The maximum Gasteiger partial charge on any atom is 0.253 e. The first-order chi connectivity index (χ1) is 21.8. The van der Waals surface area contributed by atoms with Gasteiger partial charge in [0, 0.05) is 61.3 Å². The standard InChI is InChI=1S/C36H37ClN6O2/c1-25-4-13-31(38-23-25)21-27-14-18-42(24-27)35(44)28-7-5-26(6-8-28)22-33-39-34-32(3-2-17-43(34)40-33)41-19-15-36(45,16-20-41)29-9-11-30(37)12-10-29/h2-13,17,23,27,45H,14-16,18-22,24H2,1H3. The van der Waals surface area contributed by atoms with Crippen LogP contribution in [0, 0.1) is 12.8 Å². The number of halogens is 1. The van der Waals surface area contributed by atoms with Crippen LogP contribution in [0.15, 0.2) is 85.2 Å². The molecule has 0 spiro atoms. The number of aryl methyl sites for hydroxylation is 1. The number of aromatic nitrogens is 4. The van der Waals surface area contributed by atoms with Gasteiger partial charge in [0.2, 0.25) is 0 Å². The first-order valence-corrected chi connectivity index (χ1v) is 16.1. The molecule has 2 fully saturated rings. The third-order valence-corrected chi connectivity index (χ3v) is 9.56. The third kappa shape index (κ3) is 6.30. The van der Waals surface area contributed by atoms with Crippen molar-refractivity contribution < 1.29 is 9.90 Å². The van der Waals surface area contributed by atoms with E-state index in [1.54, 1.807) is 0 Å². The van der Waals surface area contributed by atoms with Gasteiger partial charge in [-0.3, -0.25) is 9.78 Å². The molecule has 1 unspecified atom stereocenters. The van der Waals surface area contributed by atoms with Gasteiger partial charge in [-0.2, -0.15) is 5.10 Å². The lowest BCUT2D eigenvalue weighted by Gasteiger charge is -2.39. The maximum absolute atomic E-state index is 13.3. The van der Waals surface area contributed by atoms with Gasteiger partial charge in [0.15, 0.2) is 11.5 Å². The Morgan fingerprint density at radius 3 is 2.51 bits per heavy atom. The molecular weight excluding hydrogens is 584 g/mol. The zero-order valence-corrected chi connectivity index (χ0v) is 26.2. The summed E-state index contributed by atoms with van der Waals surface area (Å²) >= 11 is 6.06. The first-order valence-electron chi connectivity index (χ1n) is 15.7. The molecular formula is C36H37ClN6O2. The molecule has 3 aromatic heterocycles. The predicted octanol–water partition coefficient (Wildman–Crippen LogP) is 5.87. The van der Waals surface area contributed by atoms with Crippen molar-refractivity contribution in [1.29, 1.82) is 0 Å². The molecule has 0 saturated carbocycles. The fourth-order valence-corrected chi connectivity index (χ4v) is 6.78. The van der Waals surface area contributed by atoms with Crippen LogP contribution in [-0.4, -0.2) is 61.7 Å². The lowest BCUT2D eigenvalue weighted by molar-refractivity contribution is 0.0118. The summed E-state index contributed by atoms with van der Waals surface area (Å²) in [5.41, 5.74) is 5.88. The Morgan fingerprint density at radius 2 is 1.78 bits per heavy atom. The number of hydrogen-bond acceptors (Lipinski definition) is 6. The number of piperidine rings is 1. The van der Waals surface area contributed by atoms with Crippen molar-refractivity contribution in [3.8, 4) is 0 Å². The number of nitrogens with zero attached hydrogens (tertiary/aromatic N) is 6. The van der Waals surface area contributed by atoms with Gasteiger partial charge in [0.1, 0.15) is 0 Å². The largest absolute Gasteiger partial charge is 0.385 e. The highest BCUT2D eigenvalue weighted by atomic mass is 35.5. The Bertz CT molecular complexity index is 1790. The molecule has 1 amide bonds. The molecule has 8 nitrogen and oxygen atoms in total. The van der Waals surface area contributed by atoms with E-state index in [4.69, 9.17) is 21.7 Å². The minimum atomic E-state index is -0.867. The minimum Gasteiger partial charge on any atom is -0.385 e. The molecule has 0 aliphatic carbocycles. The van der Waals surface area contributed by atoms with Crippen LogP contribution in [-0.2, 0) is 18.4 Å². The number of amides is 1. The van der Waals surface area contributed by atoms with Crippen molar-refractivity contribution in [3.63, 3.8) is 0 Å². The predicted molar refractivity (Wildman–Crippen MR) is 176 cm³/mol. The van der Waals surface area contributed by atoms with Crippen LogP contribution in [0.4, 0.5) is 5.69 Å². The molecule has 2 aliphatic heterocycles. The Balaban J connectivity index is 0.981. The van der Waals surface area contributed by atoms with E-state index in [0.717, 1.165) is 65.5 Å². The summed E-state index contributed by atoms with van der Waals surface area (Å²) in [5.74, 6) is 1.25. The summed E-state index contributed by atoms with van der Waals surface area (Å²) in [6.45, 7) is 5.00. The highest BCUT2D eigenvalue weighted by molar-refractivity contribution is 6.30. The van der Waals surface area contributed by atoms with E-state index in [0.29, 0.717) is 48.9 Å². The molecule has 1 atom stereocenters. The lowest BCUT2D eigenvalue weighted by atomic mass is 9.84. The van der Waals surface area contributed by atoms with Gasteiger partial charge in [0.05, 0.1) is 11.3 Å². The first kappa shape index (κ1) is 29.4. The zero-order valence-electron chi connectivity index (χ0n) is 25.4. The average Bonchev–Trinajstić information content (AvgIpc) is 3.70. The fourth-order valence-electron chi connectivity index (χ4n) is 6.65. The van der Waals surface area contributed by atoms with Gasteiger partial charge in [-0.25, -0.2) is 9.50 Å². The van der Waals surface area contributed by atoms with Crippen LogP contribution in [0.5, 0.6) is 0 Å². The van der Waals surface area contributed by atoms with Crippen molar-refractivity contribution >= 4 is 28.8 Å². The smallest absolute Gasteiger partial charge is 0.253 e. The molecule has 0 radical (unpaired) electrons. The van der Waals surface area contributed by atoms with Gasteiger partial charge >= 0.3 is 0 Å². The number of benzene rings is 2. The Morgan fingerprint density at radius 1 is 1.00 bits per heavy atom. The second-order valence-electron chi connectivity index (χ2n) is 12.5. The van der Waals surface area contributed by atoms with Crippen LogP contribution < -0.4 is 4.90 Å². The van der Waals surface area contributed by atoms with E-state index in [1.165, 1.54) is 0 Å². The van der Waals surface area contributed by atoms with Crippen LogP contribution in [0.3, 0.4) is 0 Å². The summed E-state index contributed by atoms with van der Waals surface area (Å²) in [5, 5.41) is 16.8. The van der Waals surface area contributed by atoms with Gasteiger partial charge in [0.25, 0.3) is 5.91 Å². The molecule has 2 aromatic carbocycles. The number of pyridine rings is 2. The van der Waals surface area contributed by atoms with Crippen molar-refractivity contribution in [3.05, 3.63) is 124 Å². The molecule has 230 valence electrons. The number of aliphatic hydroxyl groups is 1. The van der Waals surface area contributed by atoms with E-state index < -0.39 is 5.60 Å². The third-order valence-electron chi connectivity index (χ3n) is 9.31. The van der Waals surface area contributed by atoms with E-state index in [-0.39, 0.29) is 5.91 Å². The van der Waals surface area contributed by atoms with Crippen LogP contribution in [0.2, 0.25) is 5.02 Å². The highest BCUT2D eigenvalue weighted by Gasteiger charge is 2.35. The monoisotopic (exact) mass is 620 g/mol. The second kappa shape index (κ2) is 12.3. The number of likely N-dealkylation sites (tertiary alicyclic amines) is 1. The zero-order chi connectivity index (χ0) is 31.0. The van der Waals surface area contributed by atoms with E-state index in [9.17, 15) is 9.90 Å². The molecule has 2 aliphatic rings. The topological polar surface area (TPSA) is 86.9 Å². The Labute approximate surface area is 268 Å². The van der Waals surface area contributed by atoms with Crippen molar-refractivity contribution in [2.24, 2.45) is 5.92 Å². The Hall–Kier alpha value is -4.27. The maximum atomic E-state index is 13.3. The number of carbonyl (C=O) groups excluding carboxylic acids is 1. The van der Waals surface area contributed by atoms with Gasteiger partial charge in [-0.1, -0.05) is 41.9 Å². The molecule has 5 aromatic rings. The van der Waals surface area contributed by atoms with E-state index in [1.807, 2.05) is 83.3 Å². The summed E-state index contributed by atoms with van der Waals surface area (Å²) in [6, 6.07) is 23.6. The van der Waals surface area contributed by atoms with Crippen molar-refractivity contribution in [2.45, 2.75) is 44.6 Å². The van der Waals surface area contributed by atoms with Crippen LogP contribution >= 0.6 is 11.6 Å². The lowest BCUT2D eigenvalue weighted by Crippen LogP contribution is -2.42. The summed E-state index contributed by atoms with van der Waals surface area (Å²) < 4.78 is 1.83. The molecule has 5 heterocycles. The second-order valence-corrected chi connectivity index (χ2v) is 13.0. The normalized spacial score (nSPS) is 18.1. The van der Waals surface area contributed by atoms with E-state index >= 15 is 0 Å². The van der Waals surface area contributed by atoms with Crippen LogP contribution in [0.25, 0.3) is 5.65 Å². The minimum absolute atomic E-state index is 0.0842. The number of rotatable bonds is 7. The average molecular weight is 621 g/mol. The summed E-state index contributed by atoms with van der Waals surface area (Å²) in [7, 11) is 0. The van der Waals surface area contributed by atoms with Crippen molar-refractivity contribution in [2.75, 3.05) is 31.1 Å². The number of hydrogen-bond donors (Lipinski definition) is 1. The van der Waals surface area contributed by atoms with Gasteiger partial charge in [-0.05, 0) is 97.7 Å². The van der Waals surface area contributed by atoms with Gasteiger partial charge in [-0.15, -0.1) is 0 Å². The number of fused-ring (bicyclic) bond motifs is 1. The molecule has 1 N–H and O–H groups in total. The number of anilines is 1. The molecule has 2 saturated heterocycles. The quantitative estimate of drug-likeness (QED) is 0.245.